The number of rotatable bonds is 13. The van der Waals surface area contributed by atoms with Crippen LogP contribution in [0.2, 0.25) is 10.0 Å². The molecule has 19 heteroatoms. The molecule has 0 aliphatic carbocycles. The first-order valence-corrected chi connectivity index (χ1v) is 27.1. The van der Waals surface area contributed by atoms with Crippen LogP contribution in [0.4, 0.5) is 27.2 Å². The molecular weight excluding hydrogens is 1060 g/mol. The average molecular weight is 1130 g/mol. The first kappa shape index (κ1) is 60.7. The van der Waals surface area contributed by atoms with Gasteiger partial charge in [0.25, 0.3) is 0 Å². The van der Waals surface area contributed by atoms with Crippen molar-refractivity contribution in [2.75, 3.05) is 79.8 Å². The molecule has 416 valence electrons. The van der Waals surface area contributed by atoms with Gasteiger partial charge in [-0.1, -0.05) is 47.5 Å². The van der Waals surface area contributed by atoms with Gasteiger partial charge in [-0.25, -0.2) is 27.2 Å². The Hall–Kier alpha value is -5.49. The molecule has 4 aromatic rings. The Balaban J connectivity index is 0.000000230. The number of methoxy groups -OCH3 is 2. The number of amides is 2. The molecule has 0 aromatic heterocycles. The zero-order valence-electron chi connectivity index (χ0n) is 43.3. The third kappa shape index (κ3) is 19.1. The lowest BCUT2D eigenvalue weighted by atomic mass is 9.85. The summed E-state index contributed by atoms with van der Waals surface area (Å²) in [5.74, 6) is -1.49. The van der Waals surface area contributed by atoms with Gasteiger partial charge in [-0.2, -0.15) is 0 Å². The molecule has 8 rings (SSSR count). The highest BCUT2D eigenvalue weighted by Crippen LogP contribution is 2.35. The standard InChI is InChI=1S/C29H33ClF2N2O4.C27H31ClF2N2O2.C2H3ClO2/c1-37-29(36)38-19-27(33-12-8-22(9-13-33)21-3-5-24(30)6-4-21)23-10-14-34(15-11-23)28(35)7-2-20-16-25(31)18-26(32)17-20;28-23-4-2-20(3-5-23)21-7-11-31(12-8-21)26(18-33)22-9-13-32(14-10-22)27(34)6-1-19-15-24(29)17-25(30)16-19;1-5-2(3)4/h2-7,16-18,22-23,27H,8-15,19H2,1H3;1-6,15-17,21-22,26,33H,7-14,18H2;1H3/b7-2+;6-1+;. The van der Waals surface area contributed by atoms with Crippen molar-refractivity contribution in [1.29, 1.82) is 0 Å². The molecule has 4 saturated heterocycles. The van der Waals surface area contributed by atoms with Crippen molar-refractivity contribution in [3.63, 3.8) is 0 Å². The van der Waals surface area contributed by atoms with Crippen molar-refractivity contribution in [3.05, 3.63) is 153 Å². The van der Waals surface area contributed by atoms with Gasteiger partial charge in [0.05, 0.1) is 20.8 Å². The summed E-state index contributed by atoms with van der Waals surface area (Å²) in [7, 11) is 2.51. The van der Waals surface area contributed by atoms with Gasteiger partial charge in [0, 0.05) is 84.2 Å². The molecule has 4 aliphatic rings. The van der Waals surface area contributed by atoms with Crippen molar-refractivity contribution in [3.8, 4) is 0 Å². The molecular formula is C58H67Cl3F4N4O8. The highest BCUT2D eigenvalue weighted by Gasteiger charge is 2.36. The van der Waals surface area contributed by atoms with Gasteiger partial charge in [-0.15, -0.1) is 0 Å². The number of likely N-dealkylation sites (tertiary alicyclic amines) is 4. The van der Waals surface area contributed by atoms with Crippen LogP contribution >= 0.6 is 34.8 Å². The Kier molecular flexibility index (Phi) is 24.1. The number of aliphatic hydroxyl groups excluding tert-OH is 1. The normalized spacial score (nSPS) is 18.2. The number of hydrogen-bond donors (Lipinski definition) is 1. The zero-order chi connectivity index (χ0) is 55.4. The van der Waals surface area contributed by atoms with E-state index in [0.717, 1.165) is 99.7 Å². The number of piperidine rings is 4. The topological polar surface area (TPSA) is 129 Å². The van der Waals surface area contributed by atoms with E-state index in [2.05, 4.69) is 55.1 Å². The monoisotopic (exact) mass is 1130 g/mol. The van der Waals surface area contributed by atoms with Gasteiger partial charge < -0.3 is 29.1 Å². The summed E-state index contributed by atoms with van der Waals surface area (Å²) in [5, 5.41) is 11.7. The Bertz CT molecular complexity index is 2560. The Labute approximate surface area is 463 Å². The fraction of sp³-hybridized carbons (Fsp3) is 0.448. The lowest BCUT2D eigenvalue weighted by Crippen LogP contribution is -2.51. The van der Waals surface area contributed by atoms with Crippen LogP contribution in [-0.2, 0) is 23.8 Å². The molecule has 12 nitrogen and oxygen atoms in total. The number of halogens is 7. The van der Waals surface area contributed by atoms with Crippen LogP contribution in [-0.4, -0.2) is 140 Å². The first-order valence-electron chi connectivity index (χ1n) is 25.9. The molecule has 2 unspecified atom stereocenters. The smallest absolute Gasteiger partial charge is 0.457 e. The second-order valence-electron chi connectivity index (χ2n) is 19.6. The number of benzene rings is 4. The molecule has 4 aliphatic heterocycles. The predicted octanol–water partition coefficient (Wildman–Crippen LogP) is 12.0. The van der Waals surface area contributed by atoms with E-state index in [1.54, 1.807) is 9.80 Å². The number of nitrogens with zero attached hydrogens (tertiary/aromatic N) is 4. The Morgan fingerprint density at radius 3 is 1.25 bits per heavy atom. The zero-order valence-corrected chi connectivity index (χ0v) is 45.6. The van der Waals surface area contributed by atoms with Crippen molar-refractivity contribution in [1.82, 2.24) is 19.6 Å². The van der Waals surface area contributed by atoms with Crippen molar-refractivity contribution in [2.45, 2.75) is 75.3 Å². The Morgan fingerprint density at radius 1 is 0.558 bits per heavy atom. The third-order valence-electron chi connectivity index (χ3n) is 15.0. The number of carbonyl (C=O) groups excluding carboxylic acids is 4. The highest BCUT2D eigenvalue weighted by atomic mass is 35.5. The van der Waals surface area contributed by atoms with E-state index >= 15 is 0 Å². The number of hydrogen-bond acceptors (Lipinski definition) is 10. The minimum absolute atomic E-state index is 0.0309. The lowest BCUT2D eigenvalue weighted by molar-refractivity contribution is -0.128. The molecule has 4 heterocycles. The summed E-state index contributed by atoms with van der Waals surface area (Å²) >= 11 is 16.7. The lowest BCUT2D eigenvalue weighted by Gasteiger charge is -2.43. The largest absolute Gasteiger partial charge is 0.508 e. The molecule has 4 aromatic carbocycles. The van der Waals surface area contributed by atoms with Gasteiger partial charge in [0.15, 0.2) is 0 Å². The van der Waals surface area contributed by atoms with Crippen molar-refractivity contribution < 1.29 is 56.1 Å². The molecule has 2 atom stereocenters. The van der Waals surface area contributed by atoms with Gasteiger partial charge in [0.2, 0.25) is 11.8 Å². The summed E-state index contributed by atoms with van der Waals surface area (Å²) < 4.78 is 67.5. The molecule has 0 radical (unpaired) electrons. The molecule has 0 bridgehead atoms. The molecule has 77 heavy (non-hydrogen) atoms. The van der Waals surface area contributed by atoms with E-state index in [9.17, 15) is 41.8 Å². The molecule has 0 spiro atoms. The average Bonchev–Trinajstić information content (AvgIpc) is 3.43. The number of ether oxygens (including phenoxy) is 3. The summed E-state index contributed by atoms with van der Waals surface area (Å²) in [4.78, 5) is 54.7. The first-order chi connectivity index (χ1) is 37.0. The van der Waals surface area contributed by atoms with Crippen LogP contribution in [0.5, 0.6) is 0 Å². The third-order valence-corrected chi connectivity index (χ3v) is 15.6. The second-order valence-corrected chi connectivity index (χ2v) is 20.8. The van der Waals surface area contributed by atoms with E-state index in [-0.39, 0.29) is 43.0 Å². The highest BCUT2D eigenvalue weighted by molar-refractivity contribution is 6.61. The minimum atomic E-state index is -0.773. The minimum Gasteiger partial charge on any atom is -0.457 e. The van der Waals surface area contributed by atoms with Crippen molar-refractivity contribution in [2.24, 2.45) is 11.8 Å². The molecule has 4 fully saturated rings. The summed E-state index contributed by atoms with van der Waals surface area (Å²) in [5.41, 5.74) is 2.46. The number of aliphatic hydroxyl groups is 1. The fourth-order valence-electron chi connectivity index (χ4n) is 10.8. The predicted molar refractivity (Wildman–Crippen MR) is 291 cm³/mol. The molecule has 2 amide bonds. The molecule has 1 N–H and O–H groups in total. The van der Waals surface area contributed by atoms with Gasteiger partial charge in [-0.05, 0) is 184 Å². The van der Waals surface area contributed by atoms with Crippen LogP contribution in [0.15, 0.2) is 97.1 Å². The maximum absolute atomic E-state index is 13.4. The van der Waals surface area contributed by atoms with E-state index in [1.165, 1.54) is 73.9 Å². The SMILES string of the molecule is COC(=O)Cl.COC(=O)OCC(C1CCN(C(=O)/C=C/c2cc(F)cc(F)c2)CC1)N1CCC(c2ccc(Cl)cc2)CC1.O=C(/C=C/c1cc(F)cc(F)c1)N1CCC(C(CO)N2CCC(c3ccc(Cl)cc3)CC2)CC1. The summed E-state index contributed by atoms with van der Waals surface area (Å²) in [6, 6.07) is 22.6. The van der Waals surface area contributed by atoms with Crippen LogP contribution in [0, 0.1) is 35.1 Å². The Morgan fingerprint density at radius 2 is 0.909 bits per heavy atom. The van der Waals surface area contributed by atoms with Gasteiger partial charge >= 0.3 is 11.6 Å². The van der Waals surface area contributed by atoms with Crippen molar-refractivity contribution >= 4 is 70.4 Å². The quantitative estimate of drug-likeness (QED) is 0.0598. The maximum atomic E-state index is 13.4. The van der Waals surface area contributed by atoms with Crippen LogP contribution in [0.3, 0.4) is 0 Å². The van der Waals surface area contributed by atoms with Gasteiger partial charge in [-0.3, -0.25) is 19.4 Å². The van der Waals surface area contributed by atoms with Crippen LogP contribution in [0.1, 0.15) is 85.5 Å². The summed E-state index contributed by atoms with van der Waals surface area (Å²) in [6.07, 6.45) is 12.2. The van der Waals surface area contributed by atoms with Crippen LogP contribution < -0.4 is 0 Å². The van der Waals surface area contributed by atoms with E-state index < -0.39 is 34.9 Å². The maximum Gasteiger partial charge on any atom is 0.508 e. The molecule has 0 saturated carbocycles. The van der Waals surface area contributed by atoms with E-state index in [0.29, 0.717) is 55.1 Å². The fourth-order valence-corrected chi connectivity index (χ4v) is 11.1. The second kappa shape index (κ2) is 30.6. The van der Waals surface area contributed by atoms with Gasteiger partial charge in [0.1, 0.15) is 29.9 Å². The van der Waals surface area contributed by atoms with E-state index in [1.807, 2.05) is 24.3 Å². The summed E-state index contributed by atoms with van der Waals surface area (Å²) in [6.45, 7) is 6.37. The van der Waals surface area contributed by atoms with E-state index in [4.69, 9.17) is 27.9 Å². The number of carbonyl (C=O) groups is 4. The van der Waals surface area contributed by atoms with Crippen LogP contribution in [0.25, 0.3) is 12.2 Å².